The molecule has 1 aliphatic heterocycles. The van der Waals surface area contributed by atoms with Gasteiger partial charge in [-0.2, -0.15) is 0 Å². The molecule has 0 saturated carbocycles. The third-order valence-corrected chi connectivity index (χ3v) is 3.49. The quantitative estimate of drug-likeness (QED) is 0.642. The highest BCUT2D eigenvalue weighted by Crippen LogP contribution is 2.26. The summed E-state index contributed by atoms with van der Waals surface area (Å²) in [6, 6.07) is 3.54. The Hall–Kier alpha value is -2.15. The summed E-state index contributed by atoms with van der Waals surface area (Å²) in [4.78, 5) is 21.8. The van der Waals surface area contributed by atoms with Crippen LogP contribution < -0.4 is 5.32 Å². The summed E-state index contributed by atoms with van der Waals surface area (Å²) in [6.45, 7) is 3.14. The highest BCUT2D eigenvalue weighted by Gasteiger charge is 2.25. The molecule has 1 aromatic carbocycles. The van der Waals surface area contributed by atoms with Gasteiger partial charge < -0.3 is 15.2 Å². The zero-order chi connectivity index (χ0) is 14.7. The highest BCUT2D eigenvalue weighted by molar-refractivity contribution is 5.95. The zero-order valence-corrected chi connectivity index (χ0v) is 11.0. The first-order valence-corrected chi connectivity index (χ1v) is 6.36. The van der Waals surface area contributed by atoms with E-state index >= 15 is 0 Å². The van der Waals surface area contributed by atoms with Crippen molar-refractivity contribution < 1.29 is 19.6 Å². The summed E-state index contributed by atoms with van der Waals surface area (Å²) < 4.78 is 5.40. The summed E-state index contributed by atoms with van der Waals surface area (Å²) >= 11 is 0. The Kier molecular flexibility index (Phi) is 4.19. The lowest BCUT2D eigenvalue weighted by Crippen LogP contribution is -2.31. The Labute approximate surface area is 115 Å². The molecule has 2 N–H and O–H groups in total. The summed E-state index contributed by atoms with van der Waals surface area (Å²) in [7, 11) is 0. The van der Waals surface area contributed by atoms with Crippen LogP contribution in [0.25, 0.3) is 0 Å². The second kappa shape index (κ2) is 5.87. The van der Waals surface area contributed by atoms with E-state index in [0.29, 0.717) is 13.2 Å². The number of ether oxygens (including phenoxy) is 1. The minimum Gasteiger partial charge on any atom is -0.502 e. The third-order valence-electron chi connectivity index (χ3n) is 3.49. The lowest BCUT2D eigenvalue weighted by atomic mass is 10.0. The summed E-state index contributed by atoms with van der Waals surface area (Å²) in [5, 5.41) is 22.8. The van der Waals surface area contributed by atoms with Gasteiger partial charge in [0.15, 0.2) is 5.75 Å². The van der Waals surface area contributed by atoms with Crippen LogP contribution in [0.15, 0.2) is 18.2 Å². The number of carbonyl (C=O) groups is 1. The zero-order valence-electron chi connectivity index (χ0n) is 11.0. The maximum Gasteiger partial charge on any atom is 0.310 e. The van der Waals surface area contributed by atoms with Crippen molar-refractivity contribution in [2.24, 2.45) is 5.92 Å². The van der Waals surface area contributed by atoms with Gasteiger partial charge in [0.2, 0.25) is 0 Å². The number of phenols is 1. The van der Waals surface area contributed by atoms with E-state index in [4.69, 9.17) is 4.74 Å². The van der Waals surface area contributed by atoms with Crippen LogP contribution in [0.4, 0.5) is 5.69 Å². The predicted octanol–water partition coefficient (Wildman–Crippen LogP) is 1.46. The molecule has 0 aromatic heterocycles. The van der Waals surface area contributed by atoms with Crippen molar-refractivity contribution in [3.05, 3.63) is 33.9 Å². The number of rotatable bonds is 4. The van der Waals surface area contributed by atoms with Crippen molar-refractivity contribution in [3.8, 4) is 5.75 Å². The molecule has 1 saturated heterocycles. The smallest absolute Gasteiger partial charge is 0.310 e. The molecule has 108 valence electrons. The Morgan fingerprint density at radius 1 is 1.60 bits per heavy atom. The SMILES string of the molecule is CC1OCCC1CNC(=O)c1ccc([N+](=O)[O-])c(O)c1. The normalized spacial score (nSPS) is 21.6. The second-order valence-corrected chi connectivity index (χ2v) is 4.80. The van der Waals surface area contributed by atoms with Crippen molar-refractivity contribution in [3.63, 3.8) is 0 Å². The first-order chi connectivity index (χ1) is 9.49. The molecule has 0 bridgehead atoms. The lowest BCUT2D eigenvalue weighted by Gasteiger charge is -2.14. The topological polar surface area (TPSA) is 102 Å². The number of hydrogen-bond acceptors (Lipinski definition) is 5. The molecule has 2 atom stereocenters. The van der Waals surface area contributed by atoms with Crippen LogP contribution in [-0.2, 0) is 4.74 Å². The molecule has 1 amide bonds. The molecule has 0 aliphatic carbocycles. The van der Waals surface area contributed by atoms with Crippen molar-refractivity contribution in [2.75, 3.05) is 13.2 Å². The summed E-state index contributed by atoms with van der Waals surface area (Å²) in [6.07, 6.45) is 1.01. The van der Waals surface area contributed by atoms with Crippen molar-refractivity contribution >= 4 is 11.6 Å². The third kappa shape index (κ3) is 3.05. The number of benzene rings is 1. The Bertz CT molecular complexity index is 531. The molecule has 1 fully saturated rings. The molecule has 1 aromatic rings. The maximum atomic E-state index is 11.9. The molecule has 2 unspecified atom stereocenters. The van der Waals surface area contributed by atoms with E-state index in [9.17, 15) is 20.0 Å². The number of amides is 1. The first kappa shape index (κ1) is 14.3. The molecule has 2 rings (SSSR count). The van der Waals surface area contributed by atoms with Gasteiger partial charge in [-0.1, -0.05) is 0 Å². The number of nitrogens with one attached hydrogen (secondary N) is 1. The van der Waals surface area contributed by atoms with Crippen LogP contribution in [0.2, 0.25) is 0 Å². The van der Waals surface area contributed by atoms with Crippen LogP contribution in [0.1, 0.15) is 23.7 Å². The van der Waals surface area contributed by atoms with E-state index in [2.05, 4.69) is 5.32 Å². The molecule has 7 heteroatoms. The summed E-state index contributed by atoms with van der Waals surface area (Å²) in [5.41, 5.74) is -0.223. The number of nitro benzene ring substituents is 1. The van der Waals surface area contributed by atoms with Crippen molar-refractivity contribution in [1.82, 2.24) is 5.32 Å². The van der Waals surface area contributed by atoms with Gasteiger partial charge in [-0.3, -0.25) is 14.9 Å². The van der Waals surface area contributed by atoms with Gasteiger partial charge in [-0.05, 0) is 25.5 Å². The van der Waals surface area contributed by atoms with Gasteiger partial charge in [0, 0.05) is 30.7 Å². The second-order valence-electron chi connectivity index (χ2n) is 4.80. The molecule has 7 nitrogen and oxygen atoms in total. The number of aromatic hydroxyl groups is 1. The van der Waals surface area contributed by atoms with E-state index in [1.165, 1.54) is 6.07 Å². The van der Waals surface area contributed by atoms with E-state index < -0.39 is 16.4 Å². The average molecular weight is 280 g/mol. The molecule has 0 spiro atoms. The molecular weight excluding hydrogens is 264 g/mol. The molecule has 1 heterocycles. The Morgan fingerprint density at radius 2 is 2.35 bits per heavy atom. The van der Waals surface area contributed by atoms with Gasteiger partial charge >= 0.3 is 5.69 Å². The number of nitro groups is 1. The van der Waals surface area contributed by atoms with Crippen LogP contribution in [-0.4, -0.2) is 35.2 Å². The molecular formula is C13H16N2O5. The fraction of sp³-hybridized carbons (Fsp3) is 0.462. The number of phenolic OH excluding ortho intramolecular Hbond substituents is 1. The summed E-state index contributed by atoms with van der Waals surface area (Å²) in [5.74, 6) is -0.611. The van der Waals surface area contributed by atoms with Gasteiger partial charge in [-0.25, -0.2) is 0 Å². The highest BCUT2D eigenvalue weighted by atomic mass is 16.6. The minimum atomic E-state index is -0.700. The van der Waals surface area contributed by atoms with Crippen molar-refractivity contribution in [1.29, 1.82) is 0 Å². The number of carbonyl (C=O) groups excluding carboxylic acids is 1. The van der Waals surface area contributed by atoms with Crippen LogP contribution in [0, 0.1) is 16.0 Å². The molecule has 0 radical (unpaired) electrons. The lowest BCUT2D eigenvalue weighted by molar-refractivity contribution is -0.385. The van der Waals surface area contributed by atoms with E-state index in [0.717, 1.165) is 18.6 Å². The van der Waals surface area contributed by atoms with Gasteiger partial charge in [-0.15, -0.1) is 0 Å². The number of nitrogens with zero attached hydrogens (tertiary/aromatic N) is 1. The minimum absolute atomic E-state index is 0.112. The Balaban J connectivity index is 1.99. The van der Waals surface area contributed by atoms with Gasteiger partial charge in [0.25, 0.3) is 5.91 Å². The van der Waals surface area contributed by atoms with E-state index in [-0.39, 0.29) is 23.5 Å². The average Bonchev–Trinajstić information content (AvgIpc) is 2.81. The van der Waals surface area contributed by atoms with Crippen molar-refractivity contribution in [2.45, 2.75) is 19.4 Å². The van der Waals surface area contributed by atoms with Crippen LogP contribution >= 0.6 is 0 Å². The van der Waals surface area contributed by atoms with Gasteiger partial charge in [0.05, 0.1) is 11.0 Å². The first-order valence-electron chi connectivity index (χ1n) is 6.36. The monoisotopic (exact) mass is 280 g/mol. The largest absolute Gasteiger partial charge is 0.502 e. The predicted molar refractivity (Wildman–Crippen MR) is 70.6 cm³/mol. The molecule has 20 heavy (non-hydrogen) atoms. The van der Waals surface area contributed by atoms with Gasteiger partial charge in [0.1, 0.15) is 0 Å². The van der Waals surface area contributed by atoms with Crippen LogP contribution in [0.5, 0.6) is 5.75 Å². The standard InChI is InChI=1S/C13H16N2O5/c1-8-10(4-5-20-8)7-14-13(17)9-2-3-11(15(18)19)12(16)6-9/h2-3,6,8,10,16H,4-5,7H2,1H3,(H,14,17). The van der Waals surface area contributed by atoms with E-state index in [1.807, 2.05) is 6.92 Å². The van der Waals surface area contributed by atoms with E-state index in [1.54, 1.807) is 0 Å². The Morgan fingerprint density at radius 3 is 2.90 bits per heavy atom. The maximum absolute atomic E-state index is 11.9. The molecule has 1 aliphatic rings. The number of hydrogen-bond donors (Lipinski definition) is 2. The van der Waals surface area contributed by atoms with Crippen LogP contribution in [0.3, 0.4) is 0 Å². The fourth-order valence-corrected chi connectivity index (χ4v) is 2.19. The fourth-order valence-electron chi connectivity index (χ4n) is 2.19.